The molecule has 2 rings (SSSR count). The van der Waals surface area contributed by atoms with Gasteiger partial charge in [-0.2, -0.15) is 24.9 Å². The zero-order chi connectivity index (χ0) is 15.7. The Hall–Kier alpha value is -0.960. The van der Waals surface area contributed by atoms with E-state index in [4.69, 9.17) is 0 Å². The molecule has 1 fully saturated rings. The number of nitrogens with zero attached hydrogens (tertiary/aromatic N) is 1. The van der Waals surface area contributed by atoms with Crippen LogP contribution in [0.4, 0.5) is 23.2 Å². The van der Waals surface area contributed by atoms with Gasteiger partial charge in [0.1, 0.15) is 10.7 Å². The summed E-state index contributed by atoms with van der Waals surface area (Å²) in [7, 11) is -5.58. The third-order valence-corrected chi connectivity index (χ3v) is 5.64. The van der Waals surface area contributed by atoms with Crippen molar-refractivity contribution in [3.05, 3.63) is 24.0 Å². The van der Waals surface area contributed by atoms with E-state index in [1.807, 2.05) is 0 Å². The Kier molecular flexibility index (Phi) is 4.72. The van der Waals surface area contributed by atoms with Gasteiger partial charge in [0.25, 0.3) is 9.84 Å². The molecule has 1 aliphatic rings. The van der Waals surface area contributed by atoms with E-state index in [2.05, 4.69) is 0 Å². The molecule has 118 valence electrons. The molecule has 0 N–H and O–H groups in total. The van der Waals surface area contributed by atoms with Crippen molar-refractivity contribution in [1.82, 2.24) is 0 Å². The maximum Gasteiger partial charge on any atom is 0.501 e. The zero-order valence-electron chi connectivity index (χ0n) is 10.9. The van der Waals surface area contributed by atoms with E-state index < -0.39 is 26.1 Å². The van der Waals surface area contributed by atoms with E-state index in [1.54, 1.807) is 16.7 Å². The number of thioether (sulfide) groups is 1. The minimum Gasteiger partial charge on any atom is -0.370 e. The predicted molar refractivity (Wildman–Crippen MR) is 73.8 cm³/mol. The van der Waals surface area contributed by atoms with Gasteiger partial charge in [0.2, 0.25) is 0 Å². The average Bonchev–Trinajstić information content (AvgIpc) is 2.66. The molecule has 1 aromatic carbocycles. The third-order valence-electron chi connectivity index (χ3n) is 3.08. The quantitative estimate of drug-likeness (QED) is 0.774. The van der Waals surface area contributed by atoms with Crippen LogP contribution in [0.3, 0.4) is 0 Å². The second-order valence-electron chi connectivity index (χ2n) is 4.51. The van der Waals surface area contributed by atoms with Gasteiger partial charge in [0.05, 0.1) is 5.69 Å². The topological polar surface area (TPSA) is 37.4 Å². The number of alkyl halides is 3. The molecule has 0 atom stereocenters. The molecule has 0 bridgehead atoms. The van der Waals surface area contributed by atoms with Gasteiger partial charge in [0.15, 0.2) is 0 Å². The summed E-state index contributed by atoms with van der Waals surface area (Å²) in [6.07, 6.45) is 0.730. The van der Waals surface area contributed by atoms with Gasteiger partial charge < -0.3 is 4.90 Å². The van der Waals surface area contributed by atoms with Gasteiger partial charge in [-0.25, -0.2) is 12.8 Å². The molecule has 0 aromatic heterocycles. The Morgan fingerprint density at radius 2 is 1.86 bits per heavy atom. The van der Waals surface area contributed by atoms with Crippen LogP contribution in [0.5, 0.6) is 0 Å². The summed E-state index contributed by atoms with van der Waals surface area (Å²) >= 11 is 1.65. The first-order valence-corrected chi connectivity index (χ1v) is 8.81. The number of halogens is 4. The molecule has 0 radical (unpaired) electrons. The number of hydrogen-bond donors (Lipinski definition) is 0. The number of hydrogen-bond acceptors (Lipinski definition) is 4. The van der Waals surface area contributed by atoms with E-state index in [0.717, 1.165) is 24.3 Å². The lowest BCUT2D eigenvalue weighted by Gasteiger charge is -2.25. The zero-order valence-corrected chi connectivity index (χ0v) is 12.5. The van der Waals surface area contributed by atoms with Crippen molar-refractivity contribution in [3.63, 3.8) is 0 Å². The normalized spacial score (nSPS) is 17.6. The van der Waals surface area contributed by atoms with Crippen LogP contribution in [0.15, 0.2) is 23.1 Å². The minimum absolute atomic E-state index is 0.0868. The fourth-order valence-corrected chi connectivity index (χ4v) is 3.95. The fourth-order valence-electron chi connectivity index (χ4n) is 2.08. The lowest BCUT2D eigenvalue weighted by molar-refractivity contribution is -0.0435. The van der Waals surface area contributed by atoms with Crippen LogP contribution >= 0.6 is 11.8 Å². The molecule has 0 aliphatic carbocycles. The fraction of sp³-hybridized carbons (Fsp3) is 0.500. The molecule has 9 heteroatoms. The molecule has 1 heterocycles. The molecule has 1 aliphatic heterocycles. The van der Waals surface area contributed by atoms with Crippen molar-refractivity contribution < 1.29 is 26.0 Å². The molecule has 1 saturated heterocycles. The van der Waals surface area contributed by atoms with Crippen LogP contribution in [0.25, 0.3) is 0 Å². The van der Waals surface area contributed by atoms with E-state index >= 15 is 0 Å². The molecular formula is C12H13F4NO2S2. The number of anilines is 1. The predicted octanol–water partition coefficient (Wildman–Crippen LogP) is 3.06. The van der Waals surface area contributed by atoms with Crippen LogP contribution in [-0.2, 0) is 9.84 Å². The second kappa shape index (κ2) is 6.04. The Morgan fingerprint density at radius 3 is 2.52 bits per heavy atom. The minimum atomic E-state index is -5.58. The highest BCUT2D eigenvalue weighted by Crippen LogP contribution is 2.36. The highest BCUT2D eigenvalue weighted by atomic mass is 32.2. The summed E-state index contributed by atoms with van der Waals surface area (Å²) < 4.78 is 74.8. The summed E-state index contributed by atoms with van der Waals surface area (Å²) in [5, 5.41) is 0. The van der Waals surface area contributed by atoms with Gasteiger partial charge in [-0.15, -0.1) is 0 Å². The lowest BCUT2D eigenvalue weighted by atomic mass is 10.2. The standard InChI is InChI=1S/C12H13F4NO2S2/c13-9-2-3-10(17-4-1-6-20-7-5-17)11(8-9)21(18,19)12(14,15)16/h2-3,8H,1,4-7H2. The van der Waals surface area contributed by atoms with E-state index in [9.17, 15) is 26.0 Å². The average molecular weight is 343 g/mol. The summed E-state index contributed by atoms with van der Waals surface area (Å²) in [6.45, 7) is 0.871. The SMILES string of the molecule is O=S(=O)(c1cc(F)ccc1N1CCCSCC1)C(F)(F)F. The number of rotatable bonds is 2. The molecule has 3 nitrogen and oxygen atoms in total. The Bertz CT molecular complexity index is 608. The van der Waals surface area contributed by atoms with E-state index in [1.165, 1.54) is 0 Å². The van der Waals surface area contributed by atoms with Crippen LogP contribution in [0, 0.1) is 5.82 Å². The molecule has 1 aromatic rings. The number of sulfone groups is 1. The molecule has 21 heavy (non-hydrogen) atoms. The third kappa shape index (κ3) is 3.45. The smallest absolute Gasteiger partial charge is 0.370 e. The highest BCUT2D eigenvalue weighted by molar-refractivity contribution is 7.99. The Balaban J connectivity index is 2.52. The van der Waals surface area contributed by atoms with Crippen molar-refractivity contribution in [2.75, 3.05) is 29.5 Å². The van der Waals surface area contributed by atoms with E-state index in [0.29, 0.717) is 24.9 Å². The first-order valence-electron chi connectivity index (χ1n) is 6.17. The van der Waals surface area contributed by atoms with Crippen molar-refractivity contribution >= 4 is 27.3 Å². The summed E-state index contributed by atoms with van der Waals surface area (Å²) in [6, 6.07) is 2.52. The maximum atomic E-state index is 13.3. The Labute approximate surface area is 124 Å². The van der Waals surface area contributed by atoms with Crippen LogP contribution in [-0.4, -0.2) is 38.5 Å². The Morgan fingerprint density at radius 1 is 1.14 bits per heavy atom. The molecule has 0 unspecified atom stereocenters. The second-order valence-corrected chi connectivity index (χ2v) is 7.65. The van der Waals surface area contributed by atoms with Crippen LogP contribution < -0.4 is 4.90 Å². The summed E-state index contributed by atoms with van der Waals surface area (Å²) in [5.74, 6) is 0.535. The summed E-state index contributed by atoms with van der Waals surface area (Å²) in [5.41, 5.74) is -5.54. The van der Waals surface area contributed by atoms with E-state index in [-0.39, 0.29) is 5.69 Å². The van der Waals surface area contributed by atoms with Crippen molar-refractivity contribution in [2.24, 2.45) is 0 Å². The largest absolute Gasteiger partial charge is 0.501 e. The van der Waals surface area contributed by atoms with Gasteiger partial charge in [-0.3, -0.25) is 0 Å². The maximum absolute atomic E-state index is 13.3. The van der Waals surface area contributed by atoms with Crippen LogP contribution in [0.2, 0.25) is 0 Å². The first kappa shape index (κ1) is 16.4. The summed E-state index contributed by atoms with van der Waals surface area (Å²) in [4.78, 5) is 0.555. The number of benzene rings is 1. The lowest BCUT2D eigenvalue weighted by Crippen LogP contribution is -2.30. The molecular weight excluding hydrogens is 330 g/mol. The molecule has 0 amide bonds. The first-order chi connectivity index (χ1) is 9.73. The van der Waals surface area contributed by atoms with Crippen molar-refractivity contribution in [3.8, 4) is 0 Å². The van der Waals surface area contributed by atoms with Crippen molar-refractivity contribution in [2.45, 2.75) is 16.8 Å². The molecule has 0 spiro atoms. The van der Waals surface area contributed by atoms with Crippen molar-refractivity contribution in [1.29, 1.82) is 0 Å². The van der Waals surface area contributed by atoms with Crippen LogP contribution in [0.1, 0.15) is 6.42 Å². The van der Waals surface area contributed by atoms with Gasteiger partial charge in [-0.1, -0.05) is 0 Å². The highest BCUT2D eigenvalue weighted by Gasteiger charge is 2.48. The molecule has 0 saturated carbocycles. The van der Waals surface area contributed by atoms with Gasteiger partial charge in [0, 0.05) is 18.8 Å². The monoisotopic (exact) mass is 343 g/mol. The van der Waals surface area contributed by atoms with Gasteiger partial charge in [-0.05, 0) is 30.4 Å². The van der Waals surface area contributed by atoms with Gasteiger partial charge >= 0.3 is 5.51 Å².